The second-order valence-corrected chi connectivity index (χ2v) is 2.86. The van der Waals surface area contributed by atoms with E-state index >= 15 is 0 Å². The number of rotatable bonds is 2. The third-order valence-corrected chi connectivity index (χ3v) is 1.72. The fourth-order valence-corrected chi connectivity index (χ4v) is 1.04. The fraction of sp³-hybridized carbons (Fsp3) is 0. The Morgan fingerprint density at radius 2 is 1.81 bits per heavy atom. The molecule has 0 saturated heterocycles. The Morgan fingerprint density at radius 1 is 1.00 bits per heavy atom. The molecule has 0 spiro atoms. The average Bonchev–Trinajstić information content (AvgIpc) is 2.22. The molecule has 82 valence electrons. The van der Waals surface area contributed by atoms with Crippen LogP contribution in [-0.2, 0) is 0 Å². The minimum Gasteiger partial charge on any atom is -0.436 e. The van der Waals surface area contributed by atoms with Gasteiger partial charge in [-0.25, -0.2) is 18.7 Å². The molecule has 0 radical (unpaired) electrons. The molecular weight excluding hydrogens is 221 g/mol. The molecule has 16 heavy (non-hydrogen) atoms. The van der Waals surface area contributed by atoms with Crippen molar-refractivity contribution in [1.82, 2.24) is 9.97 Å². The predicted molar refractivity (Wildman–Crippen MR) is 48.4 cm³/mol. The number of halogens is 3. The smallest absolute Gasteiger partial charge is 0.225 e. The molecule has 1 aromatic carbocycles. The third kappa shape index (κ3) is 2.28. The summed E-state index contributed by atoms with van der Waals surface area (Å²) in [7, 11) is 0. The summed E-state index contributed by atoms with van der Waals surface area (Å²) in [5.41, 5.74) is 0. The number of benzene rings is 1. The maximum atomic E-state index is 13.1. The van der Waals surface area contributed by atoms with Crippen LogP contribution in [0.5, 0.6) is 11.6 Å². The molecule has 2 rings (SSSR count). The molecule has 0 amide bonds. The molecule has 0 N–H and O–H groups in total. The summed E-state index contributed by atoms with van der Waals surface area (Å²) in [5, 5.41) is 0. The first-order chi connectivity index (χ1) is 7.65. The third-order valence-electron chi connectivity index (χ3n) is 1.72. The zero-order valence-corrected chi connectivity index (χ0v) is 7.82. The van der Waals surface area contributed by atoms with Crippen LogP contribution in [0.3, 0.4) is 0 Å². The molecule has 0 atom stereocenters. The van der Waals surface area contributed by atoms with E-state index in [1.54, 1.807) is 0 Å². The molecule has 0 aliphatic heterocycles. The Labute approximate surface area is 88.5 Å². The summed E-state index contributed by atoms with van der Waals surface area (Å²) in [6, 6.07) is 3.66. The van der Waals surface area contributed by atoms with E-state index in [0.717, 1.165) is 24.5 Å². The topological polar surface area (TPSA) is 35.0 Å². The van der Waals surface area contributed by atoms with Crippen LogP contribution in [0, 0.1) is 17.6 Å². The van der Waals surface area contributed by atoms with Gasteiger partial charge in [0.15, 0.2) is 11.6 Å². The summed E-state index contributed by atoms with van der Waals surface area (Å²) < 4.78 is 43.3. The van der Waals surface area contributed by atoms with Crippen LogP contribution in [0.15, 0.2) is 30.6 Å². The lowest BCUT2D eigenvalue weighted by Crippen LogP contribution is -1.93. The van der Waals surface area contributed by atoms with Gasteiger partial charge in [0, 0.05) is 6.07 Å². The van der Waals surface area contributed by atoms with Crippen molar-refractivity contribution < 1.29 is 17.9 Å². The summed E-state index contributed by atoms with van der Waals surface area (Å²) in [4.78, 5) is 6.77. The molecule has 2 aromatic rings. The Morgan fingerprint density at radius 3 is 2.50 bits per heavy atom. The van der Waals surface area contributed by atoms with Gasteiger partial charge < -0.3 is 4.74 Å². The van der Waals surface area contributed by atoms with Crippen molar-refractivity contribution in [1.29, 1.82) is 0 Å². The van der Waals surface area contributed by atoms with E-state index in [1.807, 2.05) is 0 Å². The Balaban J connectivity index is 2.27. The first-order valence-electron chi connectivity index (χ1n) is 4.25. The predicted octanol–water partition coefficient (Wildman–Crippen LogP) is 2.69. The monoisotopic (exact) mass is 226 g/mol. The molecule has 0 saturated carbocycles. The Hall–Kier alpha value is -2.11. The maximum Gasteiger partial charge on any atom is 0.225 e. The SMILES string of the molecule is Fc1ccc(Oc2cc(F)ncn2)c(F)c1. The van der Waals surface area contributed by atoms with E-state index < -0.39 is 17.6 Å². The highest BCUT2D eigenvalue weighted by molar-refractivity contribution is 5.28. The van der Waals surface area contributed by atoms with E-state index in [4.69, 9.17) is 4.74 Å². The van der Waals surface area contributed by atoms with Crippen molar-refractivity contribution in [2.45, 2.75) is 0 Å². The van der Waals surface area contributed by atoms with Crippen molar-refractivity contribution in [2.24, 2.45) is 0 Å². The molecule has 3 nitrogen and oxygen atoms in total. The van der Waals surface area contributed by atoms with E-state index in [-0.39, 0.29) is 11.6 Å². The molecule has 0 aliphatic rings. The molecule has 0 bridgehead atoms. The highest BCUT2D eigenvalue weighted by atomic mass is 19.1. The van der Waals surface area contributed by atoms with Gasteiger partial charge in [0.05, 0.1) is 6.07 Å². The van der Waals surface area contributed by atoms with Gasteiger partial charge in [-0.3, -0.25) is 0 Å². The Bertz CT molecular complexity index is 519. The zero-order valence-electron chi connectivity index (χ0n) is 7.82. The van der Waals surface area contributed by atoms with Crippen LogP contribution < -0.4 is 4.74 Å². The molecule has 0 aliphatic carbocycles. The summed E-state index contributed by atoms with van der Waals surface area (Å²) in [5.74, 6) is -2.80. The first kappa shape index (κ1) is 10.4. The van der Waals surface area contributed by atoms with Crippen LogP contribution >= 0.6 is 0 Å². The van der Waals surface area contributed by atoms with E-state index in [1.165, 1.54) is 0 Å². The molecule has 0 unspecified atom stereocenters. The van der Waals surface area contributed by atoms with E-state index in [0.29, 0.717) is 6.07 Å². The number of aromatic nitrogens is 2. The van der Waals surface area contributed by atoms with Gasteiger partial charge in [-0.1, -0.05) is 0 Å². The van der Waals surface area contributed by atoms with Gasteiger partial charge >= 0.3 is 0 Å². The number of ether oxygens (including phenoxy) is 1. The van der Waals surface area contributed by atoms with Gasteiger partial charge in [-0.15, -0.1) is 0 Å². The van der Waals surface area contributed by atoms with Crippen molar-refractivity contribution in [3.8, 4) is 11.6 Å². The van der Waals surface area contributed by atoms with Gasteiger partial charge in [-0.2, -0.15) is 4.39 Å². The second kappa shape index (κ2) is 4.18. The molecular formula is C10H5F3N2O. The van der Waals surface area contributed by atoms with Crippen LogP contribution in [-0.4, -0.2) is 9.97 Å². The first-order valence-corrected chi connectivity index (χ1v) is 4.25. The molecule has 1 heterocycles. The standard InChI is InChI=1S/C10H5F3N2O/c11-6-1-2-8(7(12)3-6)16-10-4-9(13)14-5-15-10/h1-5H. The zero-order chi connectivity index (χ0) is 11.5. The lowest BCUT2D eigenvalue weighted by Gasteiger charge is -2.04. The number of hydrogen-bond donors (Lipinski definition) is 0. The lowest BCUT2D eigenvalue weighted by atomic mass is 10.3. The second-order valence-electron chi connectivity index (χ2n) is 2.86. The summed E-state index contributed by atoms with van der Waals surface area (Å²) >= 11 is 0. The van der Waals surface area contributed by atoms with Crippen molar-refractivity contribution in [2.75, 3.05) is 0 Å². The van der Waals surface area contributed by atoms with E-state index in [9.17, 15) is 13.2 Å². The van der Waals surface area contributed by atoms with Gasteiger partial charge in [0.2, 0.25) is 11.8 Å². The summed E-state index contributed by atoms with van der Waals surface area (Å²) in [6.07, 6.45) is 0.937. The van der Waals surface area contributed by atoms with Crippen molar-refractivity contribution in [3.63, 3.8) is 0 Å². The van der Waals surface area contributed by atoms with E-state index in [2.05, 4.69) is 9.97 Å². The highest BCUT2D eigenvalue weighted by Crippen LogP contribution is 2.23. The highest BCUT2D eigenvalue weighted by Gasteiger charge is 2.07. The van der Waals surface area contributed by atoms with Crippen LogP contribution in [0.4, 0.5) is 13.2 Å². The van der Waals surface area contributed by atoms with Crippen molar-refractivity contribution in [3.05, 3.63) is 48.2 Å². The van der Waals surface area contributed by atoms with Gasteiger partial charge in [0.25, 0.3) is 0 Å². The summed E-state index contributed by atoms with van der Waals surface area (Å²) in [6.45, 7) is 0. The van der Waals surface area contributed by atoms with Crippen molar-refractivity contribution >= 4 is 0 Å². The van der Waals surface area contributed by atoms with Gasteiger partial charge in [0.1, 0.15) is 12.1 Å². The van der Waals surface area contributed by atoms with Crippen LogP contribution in [0.25, 0.3) is 0 Å². The maximum absolute atomic E-state index is 13.1. The van der Waals surface area contributed by atoms with Gasteiger partial charge in [-0.05, 0) is 12.1 Å². The minimum atomic E-state index is -0.890. The normalized spacial score (nSPS) is 10.2. The quantitative estimate of drug-likeness (QED) is 0.738. The fourth-order valence-electron chi connectivity index (χ4n) is 1.04. The lowest BCUT2D eigenvalue weighted by molar-refractivity contribution is 0.416. The molecule has 0 fully saturated rings. The number of nitrogens with zero attached hydrogens (tertiary/aromatic N) is 2. The largest absolute Gasteiger partial charge is 0.436 e. The number of hydrogen-bond acceptors (Lipinski definition) is 3. The molecule has 6 heteroatoms. The molecule has 1 aromatic heterocycles. The average molecular weight is 226 g/mol. The van der Waals surface area contributed by atoms with Crippen LogP contribution in [0.2, 0.25) is 0 Å². The minimum absolute atomic E-state index is 0.155. The Kier molecular flexibility index (Phi) is 2.72. The van der Waals surface area contributed by atoms with Crippen LogP contribution in [0.1, 0.15) is 0 Å².